The average Bonchev–Trinajstić information content (AvgIpc) is 2.41. The van der Waals surface area contributed by atoms with Crippen LogP contribution in [0.4, 0.5) is 0 Å². The van der Waals surface area contributed by atoms with Gasteiger partial charge < -0.3 is 0 Å². The van der Waals surface area contributed by atoms with Crippen LogP contribution in [-0.4, -0.2) is 0 Å². The fourth-order valence-corrected chi connectivity index (χ4v) is 0.367. The van der Waals surface area contributed by atoms with Gasteiger partial charge >= 0.3 is 0 Å². The van der Waals surface area contributed by atoms with Crippen LogP contribution < -0.4 is 4.57 Å². The van der Waals surface area contributed by atoms with Crippen LogP contribution in [0.25, 0.3) is 0 Å². The lowest BCUT2D eigenvalue weighted by atomic mass is 10.3. The van der Waals surface area contributed by atoms with Gasteiger partial charge in [-0.1, -0.05) is 19.3 Å². The quantitative estimate of drug-likeness (QED) is 0.578. The maximum atomic E-state index is 7.85. The van der Waals surface area contributed by atoms with Crippen molar-refractivity contribution in [2.45, 2.75) is 26.1 Å². The summed E-state index contributed by atoms with van der Waals surface area (Å²) in [5.41, 5.74) is 0. The molecule has 0 aliphatic heterocycles. The molecule has 0 aromatic carbocycles. The van der Waals surface area contributed by atoms with Gasteiger partial charge in [0.25, 0.3) is 0 Å². The summed E-state index contributed by atoms with van der Waals surface area (Å²) in [6.07, 6.45) is -9.75. The van der Waals surface area contributed by atoms with E-state index in [1.807, 2.05) is 0 Å². The zero-order valence-corrected chi connectivity index (χ0v) is 4.95. The Morgan fingerprint density at radius 2 is 2.30 bits per heavy atom. The minimum absolute atomic E-state index is 0.0841. The molecule has 1 heteroatoms. The fraction of sp³-hybridized carbons (Fsp3) is 0.444. The van der Waals surface area contributed by atoms with Gasteiger partial charge in [-0.15, -0.1) is 0 Å². The van der Waals surface area contributed by atoms with Crippen LogP contribution in [0.3, 0.4) is 0 Å². The molecule has 0 spiro atoms. The highest BCUT2D eigenvalue weighted by Crippen LogP contribution is 1.85. The minimum atomic E-state index is -3.76. The molecule has 0 aliphatic carbocycles. The predicted octanol–water partition coefficient (Wildman–Crippen LogP) is 1.77. The van der Waals surface area contributed by atoms with Crippen molar-refractivity contribution in [2.24, 2.45) is 0 Å². The highest BCUT2D eigenvalue weighted by atomic mass is 14.9. The SMILES string of the molecule is [2H]c1c([2H])c([2H])[n+](C([2H])([2H])C([2H])([2H])C([2H])([2H])C([2H])([2H])[2H])c([2H])c1[2H]. The van der Waals surface area contributed by atoms with Gasteiger partial charge in [-0.2, -0.15) is 0 Å². The second-order valence-electron chi connectivity index (χ2n) is 1.30. The molecule has 0 radical (unpaired) electrons. The van der Waals surface area contributed by atoms with E-state index in [9.17, 15) is 0 Å². The van der Waals surface area contributed by atoms with E-state index in [1.54, 1.807) is 0 Å². The third-order valence-electron chi connectivity index (χ3n) is 0.691. The first-order chi connectivity index (χ1) is 10.4. The first-order valence-corrected chi connectivity index (χ1v) is 2.42. The standard InChI is InChI=1S/C9H14N/c1-2-3-7-10-8-5-4-6-9-10/h4-6,8-9H,2-3,7H2,1H3/q+1/i1D3,2D2,3D2,4D,5D,6D,7D2,8D,9D. The summed E-state index contributed by atoms with van der Waals surface area (Å²) in [4.78, 5) is 0. The van der Waals surface area contributed by atoms with Gasteiger partial charge in [0.15, 0.2) is 12.3 Å². The molecule has 0 unspecified atom stereocenters. The summed E-state index contributed by atoms with van der Waals surface area (Å²) in [5.74, 6) is 0. The van der Waals surface area contributed by atoms with Gasteiger partial charge in [-0.25, -0.2) is 4.57 Å². The van der Waals surface area contributed by atoms with Crippen LogP contribution in [0.1, 0.15) is 38.8 Å². The van der Waals surface area contributed by atoms with E-state index in [-0.39, 0.29) is 4.57 Å². The molecule has 0 aliphatic rings. The molecule has 0 bridgehead atoms. The van der Waals surface area contributed by atoms with E-state index in [4.69, 9.17) is 19.2 Å². The molecule has 0 fully saturated rings. The van der Waals surface area contributed by atoms with Gasteiger partial charge in [-0.3, -0.25) is 0 Å². The molecular formula is C9H14N+. The van der Waals surface area contributed by atoms with Gasteiger partial charge in [0.05, 0.1) is 4.11 Å². The van der Waals surface area contributed by atoms with Crippen molar-refractivity contribution < 1.29 is 23.8 Å². The lowest BCUT2D eigenvalue weighted by molar-refractivity contribution is -0.697. The lowest BCUT2D eigenvalue weighted by Crippen LogP contribution is -2.31. The molecule has 0 amide bonds. The van der Waals surface area contributed by atoms with Crippen LogP contribution in [0.2, 0.25) is 0 Å². The molecule has 1 rings (SSSR count). The Morgan fingerprint density at radius 3 is 3.00 bits per heavy atom. The van der Waals surface area contributed by atoms with E-state index in [2.05, 4.69) is 0 Å². The predicted molar refractivity (Wildman–Crippen MR) is 41.5 cm³/mol. The van der Waals surface area contributed by atoms with Crippen molar-refractivity contribution >= 4 is 0 Å². The van der Waals surface area contributed by atoms with Crippen LogP contribution in [-0.2, 0) is 6.50 Å². The van der Waals surface area contributed by atoms with Crippen LogP contribution in [0.5, 0.6) is 0 Å². The third kappa shape index (κ3) is 2.18. The average molecular weight is 150 g/mol. The number of hydrogen-bond acceptors (Lipinski definition) is 0. The summed E-state index contributed by atoms with van der Waals surface area (Å²) < 4.78 is 105. The molecular weight excluding hydrogens is 122 g/mol. The van der Waals surface area contributed by atoms with Crippen molar-refractivity contribution in [1.29, 1.82) is 0 Å². The second-order valence-corrected chi connectivity index (χ2v) is 1.30. The molecule has 1 heterocycles. The number of nitrogens with zero attached hydrogens (tertiary/aromatic N) is 1. The zero-order chi connectivity index (χ0) is 19.5. The van der Waals surface area contributed by atoms with Crippen molar-refractivity contribution in [3.05, 3.63) is 30.5 Å². The molecule has 1 nitrogen and oxygen atoms in total. The van der Waals surface area contributed by atoms with Crippen molar-refractivity contribution in [3.8, 4) is 0 Å². The van der Waals surface area contributed by atoms with E-state index in [0.717, 1.165) is 0 Å². The maximum Gasteiger partial charge on any atom is 0.168 e. The first-order valence-electron chi connectivity index (χ1n) is 9.42. The monoisotopic (exact) mass is 150 g/mol. The summed E-state index contributed by atoms with van der Waals surface area (Å²) in [7, 11) is 0. The fourth-order valence-electron chi connectivity index (χ4n) is 0.367. The van der Waals surface area contributed by atoms with Crippen molar-refractivity contribution in [3.63, 3.8) is 0 Å². The zero-order valence-electron chi connectivity index (χ0n) is 18.9. The number of pyridine rings is 1. The Hall–Kier alpha value is -0.850. The highest BCUT2D eigenvalue weighted by Gasteiger charge is 1.93. The smallest absolute Gasteiger partial charge is 0.168 e. The van der Waals surface area contributed by atoms with Crippen LogP contribution >= 0.6 is 0 Å². The number of aromatic nitrogens is 1. The summed E-state index contributed by atoms with van der Waals surface area (Å²) >= 11 is 0. The molecule has 0 saturated heterocycles. The Kier molecular flexibility index (Phi) is 0.459. The Bertz CT molecular complexity index is 630. The van der Waals surface area contributed by atoms with Crippen molar-refractivity contribution in [1.82, 2.24) is 0 Å². The maximum absolute atomic E-state index is 7.85. The third-order valence-corrected chi connectivity index (χ3v) is 0.691. The van der Waals surface area contributed by atoms with Crippen molar-refractivity contribution in [2.75, 3.05) is 0 Å². The topological polar surface area (TPSA) is 3.88 Å². The van der Waals surface area contributed by atoms with Gasteiger partial charge in [-0.05, 0) is 0 Å². The van der Waals surface area contributed by atoms with Crippen LogP contribution in [0, 0.1) is 0 Å². The van der Waals surface area contributed by atoms with E-state index >= 15 is 0 Å². The lowest BCUT2D eigenvalue weighted by Gasteiger charge is -1.91. The largest absolute Gasteiger partial charge is 0.205 e. The van der Waals surface area contributed by atoms with Gasteiger partial charge in [0, 0.05) is 28.1 Å². The highest BCUT2D eigenvalue weighted by molar-refractivity contribution is 4.83. The minimum Gasteiger partial charge on any atom is -0.205 e. The molecule has 0 N–H and O–H groups in total. The summed E-state index contributed by atoms with van der Waals surface area (Å²) in [6.45, 7) is -7.16. The normalized spacial score (nSPS) is 35.6. The molecule has 0 saturated carbocycles. The number of hydrogen-bond donors (Lipinski definition) is 0. The molecule has 1 aromatic rings. The van der Waals surface area contributed by atoms with E-state index < -0.39 is 56.6 Å². The summed E-state index contributed by atoms with van der Waals surface area (Å²) in [6, 6.07) is -2.79. The summed E-state index contributed by atoms with van der Waals surface area (Å²) in [5, 5.41) is 0. The first kappa shape index (κ1) is 1.13. The van der Waals surface area contributed by atoms with E-state index in [0.29, 0.717) is 0 Å². The molecule has 54 valence electrons. The molecule has 10 heavy (non-hydrogen) atoms. The van der Waals surface area contributed by atoms with Gasteiger partial charge in [0.2, 0.25) is 0 Å². The Balaban J connectivity index is 3.80. The molecule has 1 aromatic heterocycles. The van der Waals surface area contributed by atoms with E-state index in [1.165, 1.54) is 0 Å². The Morgan fingerprint density at radius 1 is 1.50 bits per heavy atom. The number of rotatable bonds is 3. The molecule has 0 atom stereocenters. The second kappa shape index (κ2) is 4.04. The van der Waals surface area contributed by atoms with Gasteiger partial charge in [0.1, 0.15) is 12.0 Å². The Labute approximate surface area is 82.0 Å². The van der Waals surface area contributed by atoms with Crippen LogP contribution in [0.15, 0.2) is 30.5 Å².